The summed E-state index contributed by atoms with van der Waals surface area (Å²) in [5.41, 5.74) is 2.54. The standard InChI is InChI=1S/C33H44FN3O5/c1-23(2)31-26-13-12-25(34)20-24(26)14-15-33(31,42-30(39)22-41-5)16-19-35(3)17-8-9-18-37-28-11-7-6-10-27(28)32(40)36(4)21-29(37)38/h6-7,10-13,20,23,31H,8-9,14-19,21-22H2,1-5H3/t31-,33-/m0/s1. The van der Waals surface area contributed by atoms with Crippen molar-refractivity contribution in [3.63, 3.8) is 0 Å². The van der Waals surface area contributed by atoms with Crippen molar-refractivity contribution in [1.82, 2.24) is 9.80 Å². The average molecular weight is 582 g/mol. The number of unbranched alkanes of at least 4 members (excludes halogenated alkanes) is 1. The lowest BCUT2D eigenvalue weighted by molar-refractivity contribution is -0.172. The molecule has 0 radical (unpaired) electrons. The Bertz CT molecular complexity index is 1280. The van der Waals surface area contributed by atoms with E-state index in [0.717, 1.165) is 30.5 Å². The first kappa shape index (κ1) is 31.6. The van der Waals surface area contributed by atoms with Gasteiger partial charge < -0.3 is 24.2 Å². The largest absolute Gasteiger partial charge is 0.457 e. The molecule has 0 unspecified atom stereocenters. The van der Waals surface area contributed by atoms with Crippen LogP contribution in [0.15, 0.2) is 42.5 Å². The molecule has 0 spiro atoms. The van der Waals surface area contributed by atoms with E-state index in [1.54, 1.807) is 24.1 Å². The fourth-order valence-corrected chi connectivity index (χ4v) is 6.64. The van der Waals surface area contributed by atoms with E-state index >= 15 is 0 Å². The summed E-state index contributed by atoms with van der Waals surface area (Å²) < 4.78 is 25.4. The zero-order chi connectivity index (χ0) is 30.4. The average Bonchev–Trinajstić information content (AvgIpc) is 3.03. The van der Waals surface area contributed by atoms with Crippen LogP contribution < -0.4 is 4.90 Å². The molecule has 8 nitrogen and oxygen atoms in total. The van der Waals surface area contributed by atoms with Crippen molar-refractivity contribution in [3.8, 4) is 0 Å². The second-order valence-corrected chi connectivity index (χ2v) is 12.0. The number of nitrogens with zero attached hydrogens (tertiary/aromatic N) is 3. The smallest absolute Gasteiger partial charge is 0.332 e. The number of para-hydroxylation sites is 1. The van der Waals surface area contributed by atoms with Crippen LogP contribution in [0, 0.1) is 11.7 Å². The number of benzene rings is 2. The number of ether oxygens (including phenoxy) is 2. The molecule has 1 aliphatic heterocycles. The first-order valence-corrected chi connectivity index (χ1v) is 14.9. The van der Waals surface area contributed by atoms with Crippen molar-refractivity contribution in [2.45, 2.75) is 57.5 Å². The number of hydrogen-bond acceptors (Lipinski definition) is 6. The summed E-state index contributed by atoms with van der Waals surface area (Å²) in [5, 5.41) is 0. The number of hydrogen-bond donors (Lipinski definition) is 0. The Hall–Kier alpha value is -3.30. The van der Waals surface area contributed by atoms with Crippen molar-refractivity contribution in [3.05, 3.63) is 65.0 Å². The zero-order valence-corrected chi connectivity index (χ0v) is 25.5. The molecule has 2 atom stereocenters. The third kappa shape index (κ3) is 7.01. The maximum Gasteiger partial charge on any atom is 0.332 e. The minimum Gasteiger partial charge on any atom is -0.457 e. The minimum absolute atomic E-state index is 0.0596. The van der Waals surface area contributed by atoms with Gasteiger partial charge in [-0.25, -0.2) is 9.18 Å². The van der Waals surface area contributed by atoms with Gasteiger partial charge in [0.15, 0.2) is 0 Å². The third-order valence-electron chi connectivity index (χ3n) is 8.60. The van der Waals surface area contributed by atoms with Crippen molar-refractivity contribution in [1.29, 1.82) is 0 Å². The Balaban J connectivity index is 1.40. The highest BCUT2D eigenvalue weighted by Gasteiger charge is 2.47. The van der Waals surface area contributed by atoms with E-state index in [4.69, 9.17) is 9.47 Å². The van der Waals surface area contributed by atoms with Crippen molar-refractivity contribution in [2.24, 2.45) is 5.92 Å². The predicted molar refractivity (Wildman–Crippen MR) is 160 cm³/mol. The lowest BCUT2D eigenvalue weighted by Crippen LogP contribution is -2.49. The number of anilines is 1. The van der Waals surface area contributed by atoms with Gasteiger partial charge in [0.05, 0.1) is 11.3 Å². The highest BCUT2D eigenvalue weighted by atomic mass is 19.1. The zero-order valence-electron chi connectivity index (χ0n) is 25.5. The number of carbonyl (C=O) groups excluding carboxylic acids is 3. The normalized spacial score (nSPS) is 20.5. The lowest BCUT2D eigenvalue weighted by Gasteiger charge is -2.47. The van der Waals surface area contributed by atoms with Gasteiger partial charge in [0.2, 0.25) is 5.91 Å². The summed E-state index contributed by atoms with van der Waals surface area (Å²) >= 11 is 0. The second kappa shape index (κ2) is 13.8. The molecule has 2 amide bonds. The molecular weight excluding hydrogens is 537 g/mol. The molecule has 2 aromatic carbocycles. The lowest BCUT2D eigenvalue weighted by atomic mass is 9.65. The number of aryl methyl sites for hydroxylation is 1. The van der Waals surface area contributed by atoms with Gasteiger partial charge in [-0.05, 0) is 80.6 Å². The summed E-state index contributed by atoms with van der Waals surface area (Å²) in [6.07, 6.45) is 3.55. The van der Waals surface area contributed by atoms with E-state index in [1.807, 2.05) is 24.3 Å². The number of fused-ring (bicyclic) bond motifs is 2. The molecule has 2 aliphatic rings. The Labute approximate surface area is 248 Å². The maximum atomic E-state index is 14.0. The molecule has 0 saturated carbocycles. The first-order valence-electron chi connectivity index (χ1n) is 14.9. The minimum atomic E-state index is -0.719. The monoisotopic (exact) mass is 581 g/mol. The van der Waals surface area contributed by atoms with Gasteiger partial charge >= 0.3 is 5.97 Å². The van der Waals surface area contributed by atoms with E-state index in [-0.39, 0.29) is 48.6 Å². The van der Waals surface area contributed by atoms with Gasteiger partial charge in [-0.1, -0.05) is 32.0 Å². The summed E-state index contributed by atoms with van der Waals surface area (Å²) in [6.45, 7) is 6.25. The molecule has 2 aromatic rings. The fraction of sp³-hybridized carbons (Fsp3) is 0.545. The number of esters is 1. The molecule has 0 bridgehead atoms. The quantitative estimate of drug-likeness (QED) is 0.268. The fourth-order valence-electron chi connectivity index (χ4n) is 6.64. The van der Waals surface area contributed by atoms with Gasteiger partial charge in [0.25, 0.3) is 5.91 Å². The Morgan fingerprint density at radius 1 is 1.14 bits per heavy atom. The molecular formula is C33H44FN3O5. The Morgan fingerprint density at radius 3 is 2.64 bits per heavy atom. The molecule has 0 saturated heterocycles. The SMILES string of the molecule is COCC(=O)O[C@]1(CCN(C)CCCCN2C(=O)CN(C)C(=O)c3ccccc32)CCc2cc(F)ccc2[C@@H]1C(C)C. The summed E-state index contributed by atoms with van der Waals surface area (Å²) in [5.74, 6) is -0.745. The molecule has 42 heavy (non-hydrogen) atoms. The van der Waals surface area contributed by atoms with E-state index in [1.165, 1.54) is 18.1 Å². The number of halogens is 1. The van der Waals surface area contributed by atoms with Gasteiger partial charge in [-0.2, -0.15) is 0 Å². The molecule has 228 valence electrons. The first-order chi connectivity index (χ1) is 20.1. The highest BCUT2D eigenvalue weighted by Crippen LogP contribution is 2.48. The molecule has 4 rings (SSSR count). The summed E-state index contributed by atoms with van der Waals surface area (Å²) in [7, 11) is 5.19. The number of rotatable bonds is 12. The highest BCUT2D eigenvalue weighted by molar-refractivity contribution is 6.09. The Morgan fingerprint density at radius 2 is 1.90 bits per heavy atom. The van der Waals surface area contributed by atoms with E-state index < -0.39 is 5.60 Å². The van der Waals surface area contributed by atoms with Gasteiger partial charge in [-0.15, -0.1) is 0 Å². The van der Waals surface area contributed by atoms with Crippen molar-refractivity contribution in [2.75, 3.05) is 58.9 Å². The number of likely N-dealkylation sites (N-methyl/N-ethyl adjacent to an activating group) is 1. The van der Waals surface area contributed by atoms with Crippen LogP contribution in [-0.4, -0.2) is 87.2 Å². The van der Waals surface area contributed by atoms with Crippen molar-refractivity contribution < 1.29 is 28.2 Å². The van der Waals surface area contributed by atoms with E-state index in [9.17, 15) is 18.8 Å². The van der Waals surface area contributed by atoms with Crippen LogP contribution in [-0.2, 0) is 25.5 Å². The topological polar surface area (TPSA) is 79.4 Å². The van der Waals surface area contributed by atoms with Crippen LogP contribution in [0.1, 0.15) is 66.9 Å². The van der Waals surface area contributed by atoms with Crippen LogP contribution in [0.25, 0.3) is 0 Å². The summed E-state index contributed by atoms with van der Waals surface area (Å²) in [6, 6.07) is 12.2. The number of carbonyl (C=O) groups is 3. The molecule has 9 heteroatoms. The van der Waals surface area contributed by atoms with Crippen LogP contribution >= 0.6 is 0 Å². The van der Waals surface area contributed by atoms with Gasteiger partial charge in [0, 0.05) is 39.6 Å². The van der Waals surface area contributed by atoms with Crippen LogP contribution in [0.4, 0.5) is 10.1 Å². The van der Waals surface area contributed by atoms with Crippen LogP contribution in [0.3, 0.4) is 0 Å². The molecule has 1 aliphatic carbocycles. The molecule has 0 N–H and O–H groups in total. The molecule has 0 aromatic heterocycles. The molecule has 1 heterocycles. The Kier molecular flexibility index (Phi) is 10.4. The molecule has 0 fully saturated rings. The second-order valence-electron chi connectivity index (χ2n) is 12.0. The van der Waals surface area contributed by atoms with E-state index in [2.05, 4.69) is 25.8 Å². The van der Waals surface area contributed by atoms with Crippen LogP contribution in [0.2, 0.25) is 0 Å². The predicted octanol–water partition coefficient (Wildman–Crippen LogP) is 4.66. The maximum absolute atomic E-state index is 14.0. The number of methoxy groups -OCH3 is 1. The van der Waals surface area contributed by atoms with E-state index in [0.29, 0.717) is 43.6 Å². The summed E-state index contributed by atoms with van der Waals surface area (Å²) in [4.78, 5) is 43.9. The van der Waals surface area contributed by atoms with Gasteiger partial charge in [0.1, 0.15) is 24.6 Å². The number of amides is 2. The van der Waals surface area contributed by atoms with Crippen LogP contribution in [0.5, 0.6) is 0 Å². The third-order valence-corrected chi connectivity index (χ3v) is 8.60. The van der Waals surface area contributed by atoms with Crippen molar-refractivity contribution >= 4 is 23.5 Å². The van der Waals surface area contributed by atoms with Gasteiger partial charge in [-0.3, -0.25) is 9.59 Å².